The van der Waals surface area contributed by atoms with Gasteiger partial charge in [-0.05, 0) is 23.8 Å². The summed E-state index contributed by atoms with van der Waals surface area (Å²) >= 11 is 5.87. The molecule has 1 N–H and O–H groups in total. The van der Waals surface area contributed by atoms with Gasteiger partial charge in [-0.25, -0.2) is 14.6 Å². The molecule has 1 aliphatic heterocycles. The molecule has 0 radical (unpaired) electrons. The molecule has 2 aromatic heterocycles. The van der Waals surface area contributed by atoms with E-state index >= 15 is 0 Å². The number of hydrogen-bond donors (Lipinski definition) is 1. The van der Waals surface area contributed by atoms with Crippen LogP contribution in [0.15, 0.2) is 55.1 Å². The highest BCUT2D eigenvalue weighted by Gasteiger charge is 2.33. The molecule has 0 unspecified atom stereocenters. The van der Waals surface area contributed by atoms with Crippen molar-refractivity contribution in [2.45, 2.75) is 6.54 Å². The lowest BCUT2D eigenvalue weighted by Crippen LogP contribution is -2.54. The topological polar surface area (TPSA) is 75.9 Å². The molecule has 0 spiro atoms. The van der Waals surface area contributed by atoms with Crippen molar-refractivity contribution in [1.29, 1.82) is 0 Å². The zero-order chi connectivity index (χ0) is 17.9. The fraction of sp³-hybridized carbons (Fsp3) is 0.222. The van der Waals surface area contributed by atoms with E-state index in [1.165, 1.54) is 6.33 Å². The molecular formula is C18H17ClN6O. The quantitative estimate of drug-likeness (QED) is 0.746. The monoisotopic (exact) mass is 368 g/mol. The van der Waals surface area contributed by atoms with Gasteiger partial charge in [-0.3, -0.25) is 4.79 Å². The van der Waals surface area contributed by atoms with Crippen molar-refractivity contribution >= 4 is 23.3 Å². The van der Waals surface area contributed by atoms with E-state index in [1.54, 1.807) is 10.9 Å². The molecule has 0 aliphatic carbocycles. The fourth-order valence-electron chi connectivity index (χ4n) is 2.81. The summed E-state index contributed by atoms with van der Waals surface area (Å²) in [6.07, 6.45) is 5.04. The van der Waals surface area contributed by atoms with Crippen LogP contribution in [0.2, 0.25) is 5.02 Å². The Morgan fingerprint density at radius 3 is 2.69 bits per heavy atom. The second kappa shape index (κ2) is 7.13. The first-order chi connectivity index (χ1) is 12.7. The summed E-state index contributed by atoms with van der Waals surface area (Å²) in [6, 6.07) is 11.2. The van der Waals surface area contributed by atoms with Crippen LogP contribution in [0.5, 0.6) is 0 Å². The Hall–Kier alpha value is -2.93. The predicted molar refractivity (Wildman–Crippen MR) is 98.2 cm³/mol. The molecule has 1 aromatic carbocycles. The highest BCUT2D eigenvalue weighted by Crippen LogP contribution is 2.23. The Morgan fingerprint density at radius 2 is 1.96 bits per heavy atom. The molecule has 8 heteroatoms. The molecule has 7 nitrogen and oxygen atoms in total. The lowest BCUT2D eigenvalue weighted by molar-refractivity contribution is -0.125. The van der Waals surface area contributed by atoms with E-state index in [9.17, 15) is 4.79 Å². The van der Waals surface area contributed by atoms with Crippen LogP contribution < -0.4 is 10.2 Å². The van der Waals surface area contributed by atoms with Crippen LogP contribution in [0.4, 0.5) is 5.82 Å². The molecule has 1 fully saturated rings. The van der Waals surface area contributed by atoms with Gasteiger partial charge in [0.25, 0.3) is 0 Å². The number of carbonyl (C=O) groups is 1. The smallest absolute Gasteiger partial charge is 0.226 e. The van der Waals surface area contributed by atoms with Crippen LogP contribution in [0, 0.1) is 5.92 Å². The van der Waals surface area contributed by atoms with Crippen molar-refractivity contribution in [2.24, 2.45) is 5.92 Å². The number of anilines is 1. The van der Waals surface area contributed by atoms with Crippen LogP contribution in [-0.4, -0.2) is 38.7 Å². The third kappa shape index (κ3) is 3.52. The maximum absolute atomic E-state index is 12.3. The molecule has 26 heavy (non-hydrogen) atoms. The summed E-state index contributed by atoms with van der Waals surface area (Å²) in [6.45, 7) is 1.79. The largest absolute Gasteiger partial charge is 0.355 e. The van der Waals surface area contributed by atoms with E-state index < -0.39 is 0 Å². The minimum Gasteiger partial charge on any atom is -0.355 e. The number of hydrogen-bond acceptors (Lipinski definition) is 5. The number of aromatic nitrogens is 4. The molecule has 4 rings (SSSR count). The second-order valence-corrected chi connectivity index (χ2v) is 6.57. The van der Waals surface area contributed by atoms with Crippen molar-refractivity contribution in [3.8, 4) is 5.82 Å². The van der Waals surface area contributed by atoms with Gasteiger partial charge in [-0.15, -0.1) is 0 Å². The van der Waals surface area contributed by atoms with Crippen molar-refractivity contribution in [3.05, 3.63) is 65.7 Å². The van der Waals surface area contributed by atoms with Gasteiger partial charge in [0.05, 0.1) is 5.92 Å². The van der Waals surface area contributed by atoms with Crippen LogP contribution in [0.3, 0.4) is 0 Å². The van der Waals surface area contributed by atoms with Crippen LogP contribution >= 0.6 is 11.6 Å². The third-order valence-electron chi connectivity index (χ3n) is 4.33. The lowest BCUT2D eigenvalue weighted by Gasteiger charge is -2.39. The van der Waals surface area contributed by atoms with Crippen LogP contribution in [0.1, 0.15) is 5.56 Å². The molecule has 1 amide bonds. The van der Waals surface area contributed by atoms with Crippen molar-refractivity contribution in [1.82, 2.24) is 25.1 Å². The summed E-state index contributed by atoms with van der Waals surface area (Å²) in [4.78, 5) is 22.9. The van der Waals surface area contributed by atoms with Crippen molar-refractivity contribution < 1.29 is 4.79 Å². The van der Waals surface area contributed by atoms with Gasteiger partial charge in [0.2, 0.25) is 5.91 Å². The Bertz CT molecular complexity index is 890. The summed E-state index contributed by atoms with van der Waals surface area (Å²) in [5, 5.41) is 7.83. The standard InChI is InChI=1S/C18H17ClN6O/c19-15-4-2-13(3-5-15)9-20-18(26)14-10-24(11-14)16-8-17(22-12-21-16)25-7-1-6-23-25/h1-8,12,14H,9-11H2,(H,20,26). The first-order valence-electron chi connectivity index (χ1n) is 8.28. The van der Waals surface area contributed by atoms with E-state index in [2.05, 4.69) is 25.3 Å². The van der Waals surface area contributed by atoms with Gasteiger partial charge >= 0.3 is 0 Å². The molecule has 0 bridgehead atoms. The van der Waals surface area contributed by atoms with Crippen molar-refractivity contribution in [2.75, 3.05) is 18.0 Å². The lowest BCUT2D eigenvalue weighted by atomic mass is 9.99. The van der Waals surface area contributed by atoms with Gasteiger partial charge in [0, 0.05) is 43.1 Å². The average molecular weight is 369 g/mol. The highest BCUT2D eigenvalue weighted by atomic mass is 35.5. The fourth-order valence-corrected chi connectivity index (χ4v) is 2.93. The van der Waals surface area contributed by atoms with Crippen LogP contribution in [0.25, 0.3) is 5.82 Å². The molecule has 0 saturated carbocycles. The summed E-state index contributed by atoms with van der Waals surface area (Å²) in [7, 11) is 0. The number of rotatable bonds is 5. The summed E-state index contributed by atoms with van der Waals surface area (Å²) in [5.41, 5.74) is 1.03. The van der Waals surface area contributed by atoms with Crippen LogP contribution in [-0.2, 0) is 11.3 Å². The first-order valence-corrected chi connectivity index (χ1v) is 8.66. The third-order valence-corrected chi connectivity index (χ3v) is 4.59. The number of amides is 1. The minimum absolute atomic E-state index is 0.0366. The van der Waals surface area contributed by atoms with E-state index in [4.69, 9.17) is 11.6 Å². The zero-order valence-corrected chi connectivity index (χ0v) is 14.7. The van der Waals surface area contributed by atoms with Gasteiger partial charge in [-0.2, -0.15) is 5.10 Å². The van der Waals surface area contributed by atoms with E-state index in [0.29, 0.717) is 30.5 Å². The summed E-state index contributed by atoms with van der Waals surface area (Å²) < 4.78 is 1.68. The van der Waals surface area contributed by atoms with Gasteiger partial charge < -0.3 is 10.2 Å². The number of nitrogens with one attached hydrogen (secondary N) is 1. The number of nitrogens with zero attached hydrogens (tertiary/aromatic N) is 5. The molecule has 0 atom stereocenters. The predicted octanol–water partition coefficient (Wildman–Crippen LogP) is 2.07. The molecule has 3 heterocycles. The van der Waals surface area contributed by atoms with E-state index in [-0.39, 0.29) is 11.8 Å². The number of carbonyl (C=O) groups excluding carboxylic acids is 1. The minimum atomic E-state index is -0.0366. The first kappa shape index (κ1) is 16.5. The second-order valence-electron chi connectivity index (χ2n) is 6.13. The van der Waals surface area contributed by atoms with E-state index in [0.717, 1.165) is 11.4 Å². The Kier molecular flexibility index (Phi) is 4.53. The Morgan fingerprint density at radius 1 is 1.19 bits per heavy atom. The maximum Gasteiger partial charge on any atom is 0.226 e. The molecule has 3 aromatic rings. The average Bonchev–Trinajstić information content (AvgIpc) is 3.15. The van der Waals surface area contributed by atoms with Gasteiger partial charge in [0.1, 0.15) is 12.1 Å². The summed E-state index contributed by atoms with van der Waals surface area (Å²) in [5.74, 6) is 1.52. The molecule has 132 valence electrons. The number of benzene rings is 1. The van der Waals surface area contributed by atoms with Crippen molar-refractivity contribution in [3.63, 3.8) is 0 Å². The molecular weight excluding hydrogens is 352 g/mol. The SMILES string of the molecule is O=C(NCc1ccc(Cl)cc1)C1CN(c2cc(-n3cccn3)ncn2)C1. The Balaban J connectivity index is 1.31. The van der Waals surface area contributed by atoms with E-state index in [1.807, 2.05) is 42.6 Å². The van der Waals surface area contributed by atoms with Gasteiger partial charge in [-0.1, -0.05) is 23.7 Å². The molecule has 1 saturated heterocycles. The number of halogens is 1. The normalized spacial score (nSPS) is 14.1. The highest BCUT2D eigenvalue weighted by molar-refractivity contribution is 6.30. The Labute approximate surface area is 155 Å². The molecule has 1 aliphatic rings. The zero-order valence-electron chi connectivity index (χ0n) is 13.9. The maximum atomic E-state index is 12.3. The van der Waals surface area contributed by atoms with Gasteiger partial charge in [0.15, 0.2) is 5.82 Å².